The van der Waals surface area contributed by atoms with Crippen LogP contribution in [0.3, 0.4) is 0 Å². The van der Waals surface area contributed by atoms with Crippen molar-refractivity contribution in [3.63, 3.8) is 0 Å². The SMILES string of the molecule is COc1ccc(-c2cnn3cc(OC(C)C(C)(C)O)c(N)nc23)c(OC(F)F)c1C(=O)N[C@@H]1C[C@@H]1F. The Kier molecular flexibility index (Phi) is 6.60. The van der Waals surface area contributed by atoms with E-state index in [4.69, 9.17) is 19.9 Å². The third kappa shape index (κ3) is 4.96. The van der Waals surface area contributed by atoms with Gasteiger partial charge in [-0.05, 0) is 32.9 Å². The van der Waals surface area contributed by atoms with Crippen LogP contribution in [-0.4, -0.2) is 63.3 Å². The third-order valence-electron chi connectivity index (χ3n) is 5.88. The summed E-state index contributed by atoms with van der Waals surface area (Å²) in [7, 11) is 1.26. The first-order valence-electron chi connectivity index (χ1n) is 11.0. The first kappa shape index (κ1) is 25.4. The number of methoxy groups -OCH3 is 1. The molecule has 4 N–H and O–H groups in total. The Balaban J connectivity index is 1.81. The molecule has 4 rings (SSSR count). The first-order chi connectivity index (χ1) is 16.9. The Morgan fingerprint density at radius 2 is 1.97 bits per heavy atom. The van der Waals surface area contributed by atoms with Gasteiger partial charge in [-0.3, -0.25) is 4.79 Å². The average Bonchev–Trinajstić information content (AvgIpc) is 3.33. The van der Waals surface area contributed by atoms with Crippen LogP contribution in [0.15, 0.2) is 24.5 Å². The van der Waals surface area contributed by atoms with E-state index < -0.39 is 42.2 Å². The van der Waals surface area contributed by atoms with E-state index in [2.05, 4.69) is 15.4 Å². The average molecular weight is 509 g/mol. The molecule has 3 atom stereocenters. The van der Waals surface area contributed by atoms with E-state index in [0.29, 0.717) is 0 Å². The number of rotatable bonds is 9. The lowest BCUT2D eigenvalue weighted by molar-refractivity contribution is -0.0498. The van der Waals surface area contributed by atoms with E-state index in [1.165, 1.54) is 36.2 Å². The molecule has 0 saturated heterocycles. The fourth-order valence-electron chi connectivity index (χ4n) is 3.45. The van der Waals surface area contributed by atoms with Gasteiger partial charge >= 0.3 is 6.61 Å². The number of nitrogens with one attached hydrogen (secondary N) is 1. The lowest BCUT2D eigenvalue weighted by Crippen LogP contribution is -2.38. The van der Waals surface area contributed by atoms with Gasteiger partial charge in [0.25, 0.3) is 5.91 Å². The first-order valence-corrected chi connectivity index (χ1v) is 11.0. The van der Waals surface area contributed by atoms with Gasteiger partial charge in [0.15, 0.2) is 23.0 Å². The molecular formula is C23H26F3N5O5. The number of aromatic nitrogens is 3. The molecule has 1 amide bonds. The number of carbonyl (C=O) groups excluding carboxylic acids is 1. The van der Waals surface area contributed by atoms with Crippen LogP contribution in [0.25, 0.3) is 16.8 Å². The highest BCUT2D eigenvalue weighted by Gasteiger charge is 2.40. The van der Waals surface area contributed by atoms with Gasteiger partial charge in [-0.25, -0.2) is 13.9 Å². The van der Waals surface area contributed by atoms with Crippen molar-refractivity contribution < 1.29 is 37.3 Å². The van der Waals surface area contributed by atoms with Crippen molar-refractivity contribution in [2.45, 2.75) is 57.7 Å². The van der Waals surface area contributed by atoms with Gasteiger partial charge in [0.2, 0.25) is 0 Å². The summed E-state index contributed by atoms with van der Waals surface area (Å²) >= 11 is 0. The Hall–Kier alpha value is -3.74. The van der Waals surface area contributed by atoms with Crippen molar-refractivity contribution in [3.05, 3.63) is 30.1 Å². The lowest BCUT2D eigenvalue weighted by atomic mass is 10.0. The second kappa shape index (κ2) is 9.37. The van der Waals surface area contributed by atoms with Gasteiger partial charge < -0.3 is 30.4 Å². The molecule has 0 spiro atoms. The van der Waals surface area contributed by atoms with E-state index in [9.17, 15) is 23.1 Å². The number of carbonyl (C=O) groups is 1. The van der Waals surface area contributed by atoms with Crippen molar-refractivity contribution in [2.24, 2.45) is 0 Å². The fourth-order valence-corrected chi connectivity index (χ4v) is 3.45. The zero-order valence-electron chi connectivity index (χ0n) is 20.0. The van der Waals surface area contributed by atoms with Crippen LogP contribution in [-0.2, 0) is 0 Å². The lowest BCUT2D eigenvalue weighted by Gasteiger charge is -2.26. The minimum Gasteiger partial charge on any atom is -0.496 e. The Morgan fingerprint density at radius 1 is 1.28 bits per heavy atom. The number of aliphatic hydroxyl groups is 1. The highest BCUT2D eigenvalue weighted by Crippen LogP contribution is 2.41. The normalized spacial score (nSPS) is 18.2. The third-order valence-corrected chi connectivity index (χ3v) is 5.88. The van der Waals surface area contributed by atoms with Crippen molar-refractivity contribution in [1.29, 1.82) is 0 Å². The summed E-state index contributed by atoms with van der Waals surface area (Å²) in [6.07, 6.45) is 1.06. The Labute approximate surface area is 204 Å². The number of hydrogen-bond acceptors (Lipinski definition) is 8. The molecule has 1 saturated carbocycles. The topological polar surface area (TPSA) is 133 Å². The molecule has 194 valence electrons. The number of fused-ring (bicyclic) bond motifs is 1. The maximum Gasteiger partial charge on any atom is 0.387 e. The number of anilines is 1. The van der Waals surface area contributed by atoms with Gasteiger partial charge in [0, 0.05) is 12.0 Å². The summed E-state index contributed by atoms with van der Waals surface area (Å²) < 4.78 is 57.3. The quantitative estimate of drug-likeness (QED) is 0.401. The Morgan fingerprint density at radius 3 is 2.56 bits per heavy atom. The molecule has 3 aromatic rings. The molecule has 10 nitrogen and oxygen atoms in total. The van der Waals surface area contributed by atoms with Gasteiger partial charge in [-0.2, -0.15) is 13.9 Å². The molecule has 0 radical (unpaired) electrons. The van der Waals surface area contributed by atoms with Crippen LogP contribution in [0, 0.1) is 0 Å². The predicted molar refractivity (Wildman–Crippen MR) is 123 cm³/mol. The van der Waals surface area contributed by atoms with Crippen molar-refractivity contribution >= 4 is 17.4 Å². The van der Waals surface area contributed by atoms with Crippen LogP contribution >= 0.6 is 0 Å². The standard InChI is InChI=1S/C23H26F3N5O5/c1-10(23(2,3)33)35-16-9-31-20(30-19(16)27)12(8-28-31)11-5-6-15(34-4)17(18(11)36-22(25)26)21(32)29-14-7-13(14)24/h5-6,8-10,13-14,22,33H,7H2,1-4H3,(H2,27,30)(H,29,32)/t10?,13-,14+/m0/s1. The zero-order valence-corrected chi connectivity index (χ0v) is 20.0. The summed E-state index contributed by atoms with van der Waals surface area (Å²) in [6, 6.07) is 2.10. The molecule has 1 unspecified atom stereocenters. The van der Waals surface area contributed by atoms with Gasteiger partial charge in [0.1, 0.15) is 23.6 Å². The van der Waals surface area contributed by atoms with Crippen LogP contribution in [0.1, 0.15) is 37.6 Å². The van der Waals surface area contributed by atoms with Crippen LogP contribution in [0.4, 0.5) is 19.0 Å². The highest BCUT2D eigenvalue weighted by molar-refractivity contribution is 6.03. The molecule has 1 aromatic carbocycles. The van der Waals surface area contributed by atoms with Gasteiger partial charge in [-0.1, -0.05) is 0 Å². The number of nitrogens with two attached hydrogens (primary N) is 1. The molecule has 0 aliphatic heterocycles. The number of halogens is 3. The van der Waals surface area contributed by atoms with Gasteiger partial charge in [0.05, 0.1) is 36.7 Å². The van der Waals surface area contributed by atoms with E-state index in [-0.39, 0.29) is 46.1 Å². The van der Waals surface area contributed by atoms with Crippen molar-refractivity contribution in [1.82, 2.24) is 19.9 Å². The predicted octanol–water partition coefficient (Wildman–Crippen LogP) is 2.97. The Bertz CT molecular complexity index is 1290. The molecule has 0 bridgehead atoms. The fraction of sp³-hybridized carbons (Fsp3) is 0.435. The van der Waals surface area contributed by atoms with E-state index in [1.54, 1.807) is 20.8 Å². The van der Waals surface area contributed by atoms with Crippen LogP contribution < -0.4 is 25.3 Å². The minimum atomic E-state index is -3.28. The van der Waals surface area contributed by atoms with E-state index in [0.717, 1.165) is 0 Å². The minimum absolute atomic E-state index is 0.0362. The summed E-state index contributed by atoms with van der Waals surface area (Å²) in [5.74, 6) is -1.23. The largest absolute Gasteiger partial charge is 0.496 e. The van der Waals surface area contributed by atoms with E-state index >= 15 is 0 Å². The smallest absolute Gasteiger partial charge is 0.387 e. The van der Waals surface area contributed by atoms with Gasteiger partial charge in [-0.15, -0.1) is 0 Å². The monoisotopic (exact) mass is 509 g/mol. The number of benzene rings is 1. The summed E-state index contributed by atoms with van der Waals surface area (Å²) in [6.45, 7) is 1.53. The number of hydrogen-bond donors (Lipinski definition) is 3. The number of amides is 1. The van der Waals surface area contributed by atoms with Crippen molar-refractivity contribution in [2.75, 3.05) is 12.8 Å². The second-order valence-electron chi connectivity index (χ2n) is 8.96. The molecular weight excluding hydrogens is 483 g/mol. The summed E-state index contributed by atoms with van der Waals surface area (Å²) in [5.41, 5.74) is 5.04. The molecule has 1 fully saturated rings. The molecule has 1 aliphatic rings. The molecule has 2 aromatic heterocycles. The second-order valence-corrected chi connectivity index (χ2v) is 8.96. The molecule has 13 heteroatoms. The van der Waals surface area contributed by atoms with E-state index in [1.807, 2.05) is 0 Å². The summed E-state index contributed by atoms with van der Waals surface area (Å²) in [5, 5.41) is 16.8. The number of nitrogens with zero attached hydrogens (tertiary/aromatic N) is 3. The molecule has 1 aliphatic carbocycles. The zero-order chi connectivity index (χ0) is 26.4. The number of alkyl halides is 3. The maximum atomic E-state index is 13.5. The number of ether oxygens (including phenoxy) is 3. The number of nitrogen functional groups attached to an aromatic ring is 1. The molecule has 2 heterocycles. The van der Waals surface area contributed by atoms with Crippen molar-refractivity contribution in [3.8, 4) is 28.4 Å². The summed E-state index contributed by atoms with van der Waals surface area (Å²) in [4.78, 5) is 17.2. The van der Waals surface area contributed by atoms with Crippen LogP contribution in [0.5, 0.6) is 17.2 Å². The highest BCUT2D eigenvalue weighted by atomic mass is 19.3. The maximum absolute atomic E-state index is 13.5. The van der Waals surface area contributed by atoms with Crippen LogP contribution in [0.2, 0.25) is 0 Å². The molecule has 36 heavy (non-hydrogen) atoms.